The van der Waals surface area contributed by atoms with Crippen molar-refractivity contribution in [3.8, 4) is 0 Å². The van der Waals surface area contributed by atoms with E-state index in [9.17, 15) is 4.79 Å². The minimum Gasteiger partial charge on any atom is -0.481 e. The van der Waals surface area contributed by atoms with Crippen LogP contribution >= 0.6 is 31.9 Å². The maximum absolute atomic E-state index is 10.2. The largest absolute Gasteiger partial charge is 0.481 e. The van der Waals surface area contributed by atoms with E-state index < -0.39 is 5.97 Å². The summed E-state index contributed by atoms with van der Waals surface area (Å²) in [7, 11) is 0. The Morgan fingerprint density at radius 3 is 2.45 bits per heavy atom. The van der Waals surface area contributed by atoms with Crippen LogP contribution in [0.4, 0.5) is 0 Å². The van der Waals surface area contributed by atoms with Crippen LogP contribution in [-0.4, -0.2) is 52.5 Å². The number of halogens is 2. The van der Waals surface area contributed by atoms with Crippen molar-refractivity contribution in [3.63, 3.8) is 0 Å². The standard InChI is InChI=1S/C11H17Br2N3O4/c12-7-9-10(8-13)16(15-14-9)2-4-20-6-5-19-3-1-11(17)18/h1-8H2,(H,17,18). The van der Waals surface area contributed by atoms with E-state index in [0.717, 1.165) is 11.4 Å². The van der Waals surface area contributed by atoms with Crippen LogP contribution in [0.5, 0.6) is 0 Å². The van der Waals surface area contributed by atoms with Gasteiger partial charge in [0.15, 0.2) is 0 Å². The van der Waals surface area contributed by atoms with Gasteiger partial charge < -0.3 is 14.6 Å². The highest BCUT2D eigenvalue weighted by Gasteiger charge is 2.09. The van der Waals surface area contributed by atoms with E-state index >= 15 is 0 Å². The molecule has 7 nitrogen and oxygen atoms in total. The number of nitrogens with zero attached hydrogens (tertiary/aromatic N) is 3. The number of alkyl halides is 2. The summed E-state index contributed by atoms with van der Waals surface area (Å²) in [6.45, 7) is 2.17. The normalized spacial score (nSPS) is 10.9. The third-order valence-electron chi connectivity index (χ3n) is 2.45. The minimum absolute atomic E-state index is 0.0168. The summed E-state index contributed by atoms with van der Waals surface area (Å²) in [4.78, 5) is 10.2. The predicted octanol–water partition coefficient (Wildman–Crippen LogP) is 1.58. The number of aromatic nitrogens is 3. The molecular formula is C11H17Br2N3O4. The molecular weight excluding hydrogens is 398 g/mol. The molecule has 0 unspecified atom stereocenters. The van der Waals surface area contributed by atoms with Crippen molar-refractivity contribution in [1.29, 1.82) is 0 Å². The van der Waals surface area contributed by atoms with Crippen LogP contribution < -0.4 is 0 Å². The Kier molecular flexibility index (Phi) is 8.99. The average molecular weight is 415 g/mol. The van der Waals surface area contributed by atoms with Gasteiger partial charge in [-0.1, -0.05) is 37.1 Å². The highest BCUT2D eigenvalue weighted by Crippen LogP contribution is 2.12. The van der Waals surface area contributed by atoms with Crippen molar-refractivity contribution in [3.05, 3.63) is 11.4 Å². The molecule has 0 fully saturated rings. The topological polar surface area (TPSA) is 86.5 Å². The maximum Gasteiger partial charge on any atom is 0.305 e. The molecule has 0 spiro atoms. The van der Waals surface area contributed by atoms with Gasteiger partial charge in [0.05, 0.1) is 50.8 Å². The lowest BCUT2D eigenvalue weighted by Crippen LogP contribution is -2.13. The van der Waals surface area contributed by atoms with Crippen molar-refractivity contribution in [2.24, 2.45) is 0 Å². The second-order valence-corrected chi connectivity index (χ2v) is 4.96. The van der Waals surface area contributed by atoms with E-state index in [2.05, 4.69) is 42.2 Å². The summed E-state index contributed by atoms with van der Waals surface area (Å²) in [5.74, 6) is -0.859. The molecule has 0 atom stereocenters. The third-order valence-corrected chi connectivity index (χ3v) is 3.51. The van der Waals surface area contributed by atoms with Crippen LogP contribution in [0.3, 0.4) is 0 Å². The zero-order chi connectivity index (χ0) is 14.8. The Morgan fingerprint density at radius 2 is 1.85 bits per heavy atom. The Morgan fingerprint density at radius 1 is 1.15 bits per heavy atom. The van der Waals surface area contributed by atoms with Crippen LogP contribution in [0.15, 0.2) is 0 Å². The molecule has 0 bridgehead atoms. The lowest BCUT2D eigenvalue weighted by molar-refractivity contribution is -0.138. The summed E-state index contributed by atoms with van der Waals surface area (Å²) in [6, 6.07) is 0. The van der Waals surface area contributed by atoms with Gasteiger partial charge in [0.25, 0.3) is 0 Å². The Hall–Kier alpha value is -0.510. The van der Waals surface area contributed by atoms with Gasteiger partial charge >= 0.3 is 5.97 Å². The van der Waals surface area contributed by atoms with Gasteiger partial charge in [-0.2, -0.15) is 0 Å². The maximum atomic E-state index is 10.2. The predicted molar refractivity (Wildman–Crippen MR) is 79.2 cm³/mol. The fourth-order valence-corrected chi connectivity index (χ4v) is 2.48. The highest BCUT2D eigenvalue weighted by atomic mass is 79.9. The lowest BCUT2D eigenvalue weighted by Gasteiger charge is -2.07. The van der Waals surface area contributed by atoms with Crippen molar-refractivity contribution in [2.75, 3.05) is 26.4 Å². The van der Waals surface area contributed by atoms with Gasteiger partial charge in [-0.25, -0.2) is 4.68 Å². The summed E-state index contributed by atoms with van der Waals surface area (Å²) < 4.78 is 12.3. The number of rotatable bonds is 11. The van der Waals surface area contributed by atoms with Gasteiger partial charge in [-0.15, -0.1) is 5.10 Å². The summed E-state index contributed by atoms with van der Waals surface area (Å²) in [5.41, 5.74) is 1.95. The first-order chi connectivity index (χ1) is 9.69. The van der Waals surface area contributed by atoms with Crippen molar-refractivity contribution < 1.29 is 19.4 Å². The molecule has 0 aliphatic carbocycles. The number of hydrogen-bond acceptors (Lipinski definition) is 5. The van der Waals surface area contributed by atoms with Crippen LogP contribution in [0.1, 0.15) is 17.8 Å². The number of carbonyl (C=O) groups is 1. The molecule has 0 aliphatic rings. The van der Waals surface area contributed by atoms with E-state index in [1.807, 2.05) is 0 Å². The zero-order valence-corrected chi connectivity index (χ0v) is 14.1. The number of carboxylic acids is 1. The van der Waals surface area contributed by atoms with Gasteiger partial charge in [-0.05, 0) is 0 Å². The average Bonchev–Trinajstić information content (AvgIpc) is 2.83. The molecule has 0 saturated heterocycles. The van der Waals surface area contributed by atoms with E-state index in [1.54, 1.807) is 4.68 Å². The van der Waals surface area contributed by atoms with Crippen LogP contribution in [0.25, 0.3) is 0 Å². The van der Waals surface area contributed by atoms with Crippen LogP contribution in [0, 0.1) is 0 Å². The quantitative estimate of drug-likeness (QED) is 0.437. The molecule has 20 heavy (non-hydrogen) atoms. The molecule has 0 saturated carbocycles. The van der Waals surface area contributed by atoms with Crippen molar-refractivity contribution in [2.45, 2.75) is 23.6 Å². The molecule has 1 rings (SSSR count). The first kappa shape index (κ1) is 17.5. The first-order valence-corrected chi connectivity index (χ1v) is 8.33. The number of aliphatic carboxylic acids is 1. The Balaban J connectivity index is 2.12. The summed E-state index contributed by atoms with van der Waals surface area (Å²) in [5, 5.41) is 17.9. The van der Waals surface area contributed by atoms with Gasteiger partial charge in [-0.3, -0.25) is 4.79 Å². The number of hydrogen-bond donors (Lipinski definition) is 1. The van der Waals surface area contributed by atoms with E-state index in [4.69, 9.17) is 14.6 Å². The highest BCUT2D eigenvalue weighted by molar-refractivity contribution is 9.09. The Bertz CT molecular complexity index is 414. The molecule has 9 heteroatoms. The van der Waals surface area contributed by atoms with Crippen LogP contribution in [0.2, 0.25) is 0 Å². The molecule has 114 valence electrons. The molecule has 1 N–H and O–H groups in total. The monoisotopic (exact) mass is 413 g/mol. The minimum atomic E-state index is -0.859. The molecule has 0 aliphatic heterocycles. The fraction of sp³-hybridized carbons (Fsp3) is 0.727. The van der Waals surface area contributed by atoms with Gasteiger partial charge in [0.2, 0.25) is 0 Å². The zero-order valence-electron chi connectivity index (χ0n) is 10.9. The van der Waals surface area contributed by atoms with E-state index in [1.165, 1.54) is 0 Å². The third kappa shape index (κ3) is 6.29. The van der Waals surface area contributed by atoms with Gasteiger partial charge in [0, 0.05) is 10.7 Å². The van der Waals surface area contributed by atoms with E-state index in [-0.39, 0.29) is 13.0 Å². The first-order valence-electron chi connectivity index (χ1n) is 6.09. The second kappa shape index (κ2) is 10.3. The number of ether oxygens (including phenoxy) is 2. The smallest absolute Gasteiger partial charge is 0.305 e. The van der Waals surface area contributed by atoms with Crippen molar-refractivity contribution in [1.82, 2.24) is 15.0 Å². The lowest BCUT2D eigenvalue weighted by atomic mass is 10.4. The molecule has 0 radical (unpaired) electrons. The molecule has 0 amide bonds. The molecule has 1 heterocycles. The van der Waals surface area contributed by atoms with Crippen molar-refractivity contribution >= 4 is 37.8 Å². The SMILES string of the molecule is O=C(O)CCOCCOCCn1nnc(CBr)c1CBr. The second-order valence-electron chi connectivity index (χ2n) is 3.84. The van der Waals surface area contributed by atoms with Crippen LogP contribution in [-0.2, 0) is 31.5 Å². The summed E-state index contributed by atoms with van der Waals surface area (Å²) in [6.07, 6.45) is 0.0168. The number of carboxylic acid groups (broad SMARTS) is 1. The molecule has 0 aromatic carbocycles. The molecule has 1 aromatic heterocycles. The Labute approximate surface area is 133 Å². The summed E-state index contributed by atoms with van der Waals surface area (Å²) >= 11 is 6.77. The van der Waals surface area contributed by atoms with E-state index in [0.29, 0.717) is 37.0 Å². The van der Waals surface area contributed by atoms with Gasteiger partial charge in [0.1, 0.15) is 0 Å². The fourth-order valence-electron chi connectivity index (χ4n) is 1.43. The molecule has 1 aromatic rings.